The fourth-order valence-electron chi connectivity index (χ4n) is 0.607. The zero-order valence-electron chi connectivity index (χ0n) is 5.58. The molecule has 12 heavy (non-hydrogen) atoms. The molecule has 0 aliphatic heterocycles. The predicted octanol–water partition coefficient (Wildman–Crippen LogP) is 1.79. The number of pyridine rings is 1. The van der Waals surface area contributed by atoms with Crippen LogP contribution in [0, 0.1) is 0 Å². The minimum absolute atomic E-state index is 0.0787. The van der Waals surface area contributed by atoms with Crippen LogP contribution in [-0.4, -0.2) is 21.2 Å². The van der Waals surface area contributed by atoms with Gasteiger partial charge in [0.1, 0.15) is 5.02 Å². The molecule has 0 spiro atoms. The second-order valence-electron chi connectivity index (χ2n) is 1.93. The molecule has 6 heteroatoms. The molecule has 0 unspecified atom stereocenters. The minimum Gasteiger partial charge on any atom is -0.492 e. The van der Waals surface area contributed by atoms with E-state index in [1.165, 1.54) is 0 Å². The molecule has 64 valence electrons. The molecule has 1 aromatic rings. The van der Waals surface area contributed by atoms with E-state index in [9.17, 15) is 4.79 Å². The summed E-state index contributed by atoms with van der Waals surface area (Å²) in [7, 11) is 0. The van der Waals surface area contributed by atoms with Gasteiger partial charge in [-0.05, 0) is 6.07 Å². The number of nitrogens with zero attached hydrogens (tertiary/aromatic N) is 1. The zero-order valence-corrected chi connectivity index (χ0v) is 7.10. The van der Waals surface area contributed by atoms with Gasteiger partial charge in [0.25, 0.3) is 0 Å². The van der Waals surface area contributed by atoms with Crippen LogP contribution >= 0.6 is 23.2 Å². The summed E-state index contributed by atoms with van der Waals surface area (Å²) in [6.07, 6.45) is 0. The maximum atomic E-state index is 10.4. The van der Waals surface area contributed by atoms with Crippen LogP contribution in [0.1, 0.15) is 10.5 Å². The van der Waals surface area contributed by atoms with E-state index >= 15 is 0 Å². The van der Waals surface area contributed by atoms with Crippen LogP contribution < -0.4 is 0 Å². The summed E-state index contributed by atoms with van der Waals surface area (Å²) in [6, 6.07) is 1.12. The van der Waals surface area contributed by atoms with E-state index < -0.39 is 17.5 Å². The largest absolute Gasteiger partial charge is 0.492 e. The molecular weight excluding hydrogens is 205 g/mol. The van der Waals surface area contributed by atoms with Crippen LogP contribution in [-0.2, 0) is 0 Å². The lowest BCUT2D eigenvalue weighted by Crippen LogP contribution is -2.01. The van der Waals surface area contributed by atoms with Crippen molar-refractivity contribution in [1.82, 2.24) is 4.98 Å². The number of aromatic nitrogens is 1. The quantitative estimate of drug-likeness (QED) is 0.737. The molecule has 0 aromatic carbocycles. The van der Waals surface area contributed by atoms with Gasteiger partial charge in [-0.15, -0.1) is 0 Å². The van der Waals surface area contributed by atoms with Crippen molar-refractivity contribution < 1.29 is 15.0 Å². The molecular formula is C6H3Cl2NO3. The summed E-state index contributed by atoms with van der Waals surface area (Å²) in [4.78, 5) is 13.6. The third-order valence-electron chi connectivity index (χ3n) is 1.11. The number of rotatable bonds is 1. The SMILES string of the molecule is O=C(O)c1nc(O)c(Cl)cc1Cl. The van der Waals surface area contributed by atoms with Crippen molar-refractivity contribution in [1.29, 1.82) is 0 Å². The molecule has 0 amide bonds. The zero-order chi connectivity index (χ0) is 9.30. The van der Waals surface area contributed by atoms with E-state index in [-0.39, 0.29) is 10.0 Å². The van der Waals surface area contributed by atoms with Crippen LogP contribution in [0.5, 0.6) is 5.88 Å². The van der Waals surface area contributed by atoms with Crippen molar-refractivity contribution >= 4 is 29.2 Å². The van der Waals surface area contributed by atoms with Gasteiger partial charge in [0.2, 0.25) is 5.88 Å². The van der Waals surface area contributed by atoms with Gasteiger partial charge in [0.05, 0.1) is 5.02 Å². The van der Waals surface area contributed by atoms with Crippen molar-refractivity contribution in [2.75, 3.05) is 0 Å². The Bertz CT molecular complexity index is 340. The molecule has 1 heterocycles. The van der Waals surface area contributed by atoms with Crippen molar-refractivity contribution in [3.8, 4) is 5.88 Å². The number of carboxylic acid groups (broad SMARTS) is 1. The normalized spacial score (nSPS) is 9.83. The number of aromatic carboxylic acids is 1. The van der Waals surface area contributed by atoms with Gasteiger partial charge in [0, 0.05) is 0 Å². The van der Waals surface area contributed by atoms with Gasteiger partial charge in [-0.25, -0.2) is 9.78 Å². The summed E-state index contributed by atoms with van der Waals surface area (Å²) in [5.74, 6) is -1.86. The first-order valence-corrected chi connectivity index (χ1v) is 3.56. The fourth-order valence-corrected chi connectivity index (χ4v) is 1.05. The van der Waals surface area contributed by atoms with Crippen LogP contribution in [0.2, 0.25) is 10.0 Å². The van der Waals surface area contributed by atoms with Crippen LogP contribution in [0.3, 0.4) is 0 Å². The fraction of sp³-hybridized carbons (Fsp3) is 0. The molecule has 0 atom stereocenters. The Balaban J connectivity index is 3.33. The number of carboxylic acids is 1. The first kappa shape index (κ1) is 9.09. The van der Waals surface area contributed by atoms with Crippen LogP contribution in [0.15, 0.2) is 6.07 Å². The Kier molecular flexibility index (Phi) is 2.40. The molecule has 1 aromatic heterocycles. The summed E-state index contributed by atoms with van der Waals surface area (Å²) >= 11 is 10.9. The lowest BCUT2D eigenvalue weighted by Gasteiger charge is -1.99. The predicted molar refractivity (Wildman–Crippen MR) is 42.9 cm³/mol. The van der Waals surface area contributed by atoms with E-state index in [1.54, 1.807) is 0 Å². The molecule has 2 N–H and O–H groups in total. The molecule has 0 radical (unpaired) electrons. The van der Waals surface area contributed by atoms with Crippen molar-refractivity contribution in [3.63, 3.8) is 0 Å². The van der Waals surface area contributed by atoms with Crippen molar-refractivity contribution in [3.05, 3.63) is 21.8 Å². The molecule has 0 aliphatic rings. The van der Waals surface area contributed by atoms with Crippen LogP contribution in [0.25, 0.3) is 0 Å². The molecule has 0 saturated heterocycles. The topological polar surface area (TPSA) is 70.4 Å². The molecule has 0 aliphatic carbocycles. The molecule has 0 bridgehead atoms. The van der Waals surface area contributed by atoms with Crippen LogP contribution in [0.4, 0.5) is 0 Å². The van der Waals surface area contributed by atoms with Gasteiger partial charge in [-0.3, -0.25) is 0 Å². The van der Waals surface area contributed by atoms with Crippen molar-refractivity contribution in [2.45, 2.75) is 0 Å². The molecule has 1 rings (SSSR count). The second kappa shape index (κ2) is 3.16. The Hall–Kier alpha value is -1.00. The lowest BCUT2D eigenvalue weighted by atomic mass is 10.3. The van der Waals surface area contributed by atoms with E-state index in [4.69, 9.17) is 33.4 Å². The third-order valence-corrected chi connectivity index (χ3v) is 1.68. The number of hydrogen-bond donors (Lipinski definition) is 2. The lowest BCUT2D eigenvalue weighted by molar-refractivity contribution is 0.0689. The van der Waals surface area contributed by atoms with Gasteiger partial charge in [-0.2, -0.15) is 0 Å². The standard InChI is InChI=1S/C6H3Cl2NO3/c7-2-1-3(8)5(10)9-4(2)6(11)12/h1H,(H,9,10)(H,11,12). The number of carbonyl (C=O) groups is 1. The van der Waals surface area contributed by atoms with Gasteiger partial charge in [0.15, 0.2) is 5.69 Å². The Labute approximate surface area is 77.4 Å². The van der Waals surface area contributed by atoms with E-state index in [2.05, 4.69) is 4.98 Å². The summed E-state index contributed by atoms with van der Waals surface area (Å²) in [5.41, 5.74) is -0.418. The Morgan fingerprint density at radius 3 is 2.50 bits per heavy atom. The molecule has 4 nitrogen and oxygen atoms in total. The maximum Gasteiger partial charge on any atom is 0.356 e. The Morgan fingerprint density at radius 2 is 2.00 bits per heavy atom. The number of aromatic hydroxyl groups is 1. The third kappa shape index (κ3) is 1.60. The summed E-state index contributed by atoms with van der Waals surface area (Å²) in [6.45, 7) is 0. The van der Waals surface area contributed by atoms with Crippen molar-refractivity contribution in [2.24, 2.45) is 0 Å². The maximum absolute atomic E-state index is 10.4. The second-order valence-corrected chi connectivity index (χ2v) is 2.74. The summed E-state index contributed by atoms with van der Waals surface area (Å²) < 4.78 is 0. The van der Waals surface area contributed by atoms with Gasteiger partial charge < -0.3 is 10.2 Å². The monoisotopic (exact) mass is 207 g/mol. The smallest absolute Gasteiger partial charge is 0.356 e. The molecule has 0 fully saturated rings. The highest BCUT2D eigenvalue weighted by Gasteiger charge is 2.13. The average molecular weight is 208 g/mol. The average Bonchev–Trinajstić information content (AvgIpc) is 1.96. The van der Waals surface area contributed by atoms with E-state index in [0.717, 1.165) is 6.07 Å². The highest BCUT2D eigenvalue weighted by Crippen LogP contribution is 2.26. The number of halogens is 2. The summed E-state index contributed by atoms with van der Waals surface area (Å²) in [5, 5.41) is 17.2. The van der Waals surface area contributed by atoms with Gasteiger partial charge >= 0.3 is 5.97 Å². The van der Waals surface area contributed by atoms with E-state index in [0.29, 0.717) is 0 Å². The number of hydrogen-bond acceptors (Lipinski definition) is 3. The first-order valence-electron chi connectivity index (χ1n) is 2.80. The van der Waals surface area contributed by atoms with E-state index in [1.807, 2.05) is 0 Å². The Morgan fingerprint density at radius 1 is 1.42 bits per heavy atom. The highest BCUT2D eigenvalue weighted by molar-refractivity contribution is 6.36. The highest BCUT2D eigenvalue weighted by atomic mass is 35.5. The minimum atomic E-state index is -1.31. The molecule has 0 saturated carbocycles. The van der Waals surface area contributed by atoms with Gasteiger partial charge in [-0.1, -0.05) is 23.2 Å². The first-order chi connectivity index (χ1) is 5.52.